The van der Waals surface area contributed by atoms with Crippen LogP contribution in [-0.2, 0) is 31.0 Å². The topological polar surface area (TPSA) is 98.0 Å². The molecule has 6 heteroatoms. The maximum atomic E-state index is 9.60. The first kappa shape index (κ1) is 31.4. The number of aliphatic hydroxyl groups excluding tert-OH is 3. The predicted molar refractivity (Wildman–Crippen MR) is 74.5 cm³/mol. The van der Waals surface area contributed by atoms with Crippen molar-refractivity contribution >= 4 is 5.97 Å². The van der Waals surface area contributed by atoms with Gasteiger partial charge in [0.1, 0.15) is 0 Å². The number of rotatable bonds is 1. The van der Waals surface area contributed by atoms with Gasteiger partial charge in [-0.1, -0.05) is 6.58 Å². The van der Waals surface area contributed by atoms with Crippen molar-refractivity contribution in [3.05, 3.63) is 12.2 Å². The molecule has 0 aromatic rings. The minimum absolute atomic E-state index is 0. The number of aliphatic hydroxyl groups is 3. The van der Waals surface area contributed by atoms with E-state index < -0.39 is 5.97 Å². The molecule has 0 aromatic heterocycles. The molecule has 0 aromatic carbocycles. The molecule has 0 rings (SSSR count). The van der Waals surface area contributed by atoms with Crippen molar-refractivity contribution in [3.8, 4) is 0 Å². The minimum atomic E-state index is -0.935. The molecule has 0 saturated carbocycles. The van der Waals surface area contributed by atoms with E-state index in [4.69, 9.17) is 20.4 Å². The average molecular weight is 358 g/mol. The molecule has 0 unspecified atom stereocenters. The summed E-state index contributed by atoms with van der Waals surface area (Å²) in [5, 5.41) is 32.1. The van der Waals surface area contributed by atoms with Gasteiger partial charge in [-0.25, -0.2) is 4.79 Å². The Morgan fingerprint density at radius 1 is 0.842 bits per heavy atom. The van der Waals surface area contributed by atoms with E-state index >= 15 is 0 Å². The van der Waals surface area contributed by atoms with Crippen LogP contribution < -0.4 is 0 Å². The van der Waals surface area contributed by atoms with E-state index in [1.54, 1.807) is 41.5 Å². The van der Waals surface area contributed by atoms with Crippen LogP contribution >= 0.6 is 0 Å². The Kier molecular flexibility index (Phi) is 38.2. The van der Waals surface area contributed by atoms with Crippen LogP contribution in [0, 0.1) is 0 Å². The number of hydrogen-bond acceptors (Lipinski definition) is 4. The Bertz CT molecular complexity index is 157. The monoisotopic (exact) mass is 356 g/mol. The van der Waals surface area contributed by atoms with E-state index in [-0.39, 0.29) is 50.1 Å². The zero-order valence-corrected chi connectivity index (χ0v) is 15.6. The molecule has 0 saturated heterocycles. The molecule has 4 N–H and O–H groups in total. The van der Waals surface area contributed by atoms with Crippen LogP contribution in [0.2, 0.25) is 0 Å². The van der Waals surface area contributed by atoms with Crippen molar-refractivity contribution in [1.82, 2.24) is 0 Å². The molecule has 0 spiro atoms. The summed E-state index contributed by atoms with van der Waals surface area (Å²) in [5.74, 6) is -0.935. The quantitative estimate of drug-likeness (QED) is 0.537. The fourth-order valence-corrected chi connectivity index (χ4v) is 0. The van der Waals surface area contributed by atoms with Crippen molar-refractivity contribution in [2.45, 2.75) is 66.8 Å². The van der Waals surface area contributed by atoms with Gasteiger partial charge in [-0.2, -0.15) is 0 Å². The minimum Gasteiger partial charge on any atom is -0.478 e. The Morgan fingerprint density at radius 3 is 0.895 bits per heavy atom. The van der Waals surface area contributed by atoms with Crippen LogP contribution in [0.25, 0.3) is 0 Å². The smallest absolute Gasteiger partial charge is 0.330 e. The molecule has 0 aliphatic carbocycles. The Morgan fingerprint density at radius 2 is 0.895 bits per heavy atom. The Hall–Kier alpha value is -0.0269. The second-order valence-corrected chi connectivity index (χ2v) is 4.37. The summed E-state index contributed by atoms with van der Waals surface area (Å²) in [4.78, 5) is 9.60. The molecule has 19 heavy (non-hydrogen) atoms. The van der Waals surface area contributed by atoms with Crippen LogP contribution in [0.5, 0.6) is 0 Å². The van der Waals surface area contributed by atoms with Gasteiger partial charge in [0.05, 0.1) is 0 Å². The summed E-state index contributed by atoms with van der Waals surface area (Å²) in [6, 6.07) is 0. The van der Waals surface area contributed by atoms with Crippen LogP contribution in [0.1, 0.15) is 48.5 Å². The normalized spacial score (nSPS) is 8.05. The second-order valence-electron chi connectivity index (χ2n) is 4.37. The number of hydrogen-bond donors (Lipinski definition) is 4. The van der Waals surface area contributed by atoms with Crippen LogP contribution in [0.4, 0.5) is 0 Å². The van der Waals surface area contributed by atoms with Crippen molar-refractivity contribution in [3.63, 3.8) is 0 Å². The van der Waals surface area contributed by atoms with Gasteiger partial charge < -0.3 is 20.4 Å². The summed E-state index contributed by atoms with van der Waals surface area (Å²) in [6.45, 7) is 14.9. The van der Waals surface area contributed by atoms with E-state index in [0.29, 0.717) is 0 Å². The molecule has 116 valence electrons. The largest absolute Gasteiger partial charge is 0.478 e. The third kappa shape index (κ3) is 290. The summed E-state index contributed by atoms with van der Waals surface area (Å²) < 4.78 is 0. The number of carboxylic acid groups (broad SMARTS) is 1. The van der Waals surface area contributed by atoms with Crippen LogP contribution in [-0.4, -0.2) is 44.7 Å². The number of carboxylic acids is 1. The fourth-order valence-electron chi connectivity index (χ4n) is 0. The standard InChI is InChI=1S/C4H6O2.3C3H8O.Zr/c1-3(2)4(5)6;3*1-3(2)4;/h1H2,2H3,(H,5,6);3*3-4H,1-2H3;. The molecule has 0 aliphatic rings. The van der Waals surface area contributed by atoms with Gasteiger partial charge in [0.15, 0.2) is 0 Å². The van der Waals surface area contributed by atoms with Gasteiger partial charge in [-0.05, 0) is 48.5 Å². The molecule has 0 amide bonds. The van der Waals surface area contributed by atoms with Gasteiger partial charge >= 0.3 is 5.97 Å². The third-order valence-electron chi connectivity index (χ3n) is 0.365. The molecule has 0 atom stereocenters. The fraction of sp³-hybridized carbons (Fsp3) is 0.769. The zero-order valence-electron chi connectivity index (χ0n) is 13.1. The molecule has 0 bridgehead atoms. The molecule has 0 radical (unpaired) electrons. The van der Waals surface area contributed by atoms with Crippen LogP contribution in [0.3, 0.4) is 0 Å². The first-order chi connectivity index (χ1) is 7.84. The van der Waals surface area contributed by atoms with Crippen LogP contribution in [0.15, 0.2) is 12.2 Å². The van der Waals surface area contributed by atoms with E-state index in [1.165, 1.54) is 6.92 Å². The molecular formula is C13H30O5Zr. The van der Waals surface area contributed by atoms with Gasteiger partial charge in [-0.15, -0.1) is 0 Å². The predicted octanol–water partition coefficient (Wildman–Crippen LogP) is 1.81. The van der Waals surface area contributed by atoms with Crippen molar-refractivity contribution in [1.29, 1.82) is 0 Å². The van der Waals surface area contributed by atoms with Crippen molar-refractivity contribution < 1.29 is 51.4 Å². The summed E-state index contributed by atoms with van der Waals surface area (Å²) in [7, 11) is 0. The molecule has 0 fully saturated rings. The maximum Gasteiger partial charge on any atom is 0.330 e. The van der Waals surface area contributed by atoms with Crippen molar-refractivity contribution in [2.24, 2.45) is 0 Å². The van der Waals surface area contributed by atoms with Gasteiger partial charge in [0.2, 0.25) is 0 Å². The third-order valence-corrected chi connectivity index (χ3v) is 0.365. The van der Waals surface area contributed by atoms with E-state index in [1.807, 2.05) is 0 Å². The van der Waals surface area contributed by atoms with Gasteiger partial charge in [0, 0.05) is 50.1 Å². The first-order valence-corrected chi connectivity index (χ1v) is 5.77. The Labute approximate surface area is 136 Å². The van der Waals surface area contributed by atoms with Gasteiger partial charge in [0.25, 0.3) is 0 Å². The molecule has 0 heterocycles. The molecular weight excluding hydrogens is 327 g/mol. The summed E-state index contributed by atoms with van der Waals surface area (Å²) in [6.07, 6.45) is -0.500. The van der Waals surface area contributed by atoms with Gasteiger partial charge in [-0.3, -0.25) is 0 Å². The second kappa shape index (κ2) is 23.1. The number of carbonyl (C=O) groups is 1. The molecule has 5 nitrogen and oxygen atoms in total. The maximum absolute atomic E-state index is 9.60. The summed E-state index contributed by atoms with van der Waals surface area (Å²) in [5.41, 5.74) is 0.176. The zero-order chi connectivity index (χ0) is 15.9. The summed E-state index contributed by atoms with van der Waals surface area (Å²) >= 11 is 0. The Balaban J connectivity index is -0.0000000459. The average Bonchev–Trinajstić information content (AvgIpc) is 1.99. The SMILES string of the molecule is C=C(C)C(=O)O.CC(C)O.CC(C)O.CC(C)O.[Zr]. The van der Waals surface area contributed by atoms with E-state index in [0.717, 1.165) is 0 Å². The molecule has 0 aliphatic heterocycles. The van der Waals surface area contributed by atoms with Crippen molar-refractivity contribution in [2.75, 3.05) is 0 Å². The van der Waals surface area contributed by atoms with E-state index in [9.17, 15) is 4.79 Å². The number of aliphatic carboxylic acids is 1. The first-order valence-electron chi connectivity index (χ1n) is 5.77. The van der Waals surface area contributed by atoms with E-state index in [2.05, 4.69) is 6.58 Å².